The Balaban J connectivity index is 2.26. The molecule has 0 aromatic carbocycles. The fraction of sp³-hybridized carbons (Fsp3) is 0.933. The van der Waals surface area contributed by atoms with Crippen LogP contribution in [0.2, 0.25) is 0 Å². The molecule has 0 unspecified atom stereocenters. The number of Topliss-reactive ketones (excluding diaryl/α,β-unsaturated/α-hetero) is 1. The van der Waals surface area contributed by atoms with Gasteiger partial charge in [-0.1, -0.05) is 20.8 Å². The summed E-state index contributed by atoms with van der Waals surface area (Å²) in [5.41, 5.74) is 0. The molecule has 1 rings (SSSR count). The summed E-state index contributed by atoms with van der Waals surface area (Å²) in [5.74, 6) is 0.463. The predicted molar refractivity (Wildman–Crippen MR) is 76.9 cm³/mol. The van der Waals surface area contributed by atoms with E-state index in [1.807, 2.05) is 0 Å². The zero-order valence-electron chi connectivity index (χ0n) is 12.5. The van der Waals surface area contributed by atoms with Crippen molar-refractivity contribution in [3.8, 4) is 0 Å². The molecule has 3 nitrogen and oxygen atoms in total. The standard InChI is InChI=1S/C15H30N2O/c1-4-16(5-2)12-7-13-17(6-3)14-8-10-15(18)11-9-14/h14H,4-13H2,1-3H3. The van der Waals surface area contributed by atoms with E-state index in [0.29, 0.717) is 11.8 Å². The van der Waals surface area contributed by atoms with Crippen molar-refractivity contribution < 1.29 is 4.79 Å². The summed E-state index contributed by atoms with van der Waals surface area (Å²) in [4.78, 5) is 16.3. The Hall–Kier alpha value is -0.410. The molecule has 0 spiro atoms. The van der Waals surface area contributed by atoms with Gasteiger partial charge in [0.1, 0.15) is 5.78 Å². The van der Waals surface area contributed by atoms with Crippen LogP contribution in [0.3, 0.4) is 0 Å². The molecule has 0 heterocycles. The van der Waals surface area contributed by atoms with Gasteiger partial charge in [0.25, 0.3) is 0 Å². The molecule has 1 aliphatic carbocycles. The molecule has 0 atom stereocenters. The Morgan fingerprint density at radius 1 is 1.00 bits per heavy atom. The van der Waals surface area contributed by atoms with Crippen molar-refractivity contribution in [2.75, 3.05) is 32.7 Å². The Morgan fingerprint density at radius 3 is 2.11 bits per heavy atom. The fourth-order valence-electron chi connectivity index (χ4n) is 2.93. The van der Waals surface area contributed by atoms with Crippen LogP contribution in [0.4, 0.5) is 0 Å². The predicted octanol–water partition coefficient (Wildman–Crippen LogP) is 2.55. The summed E-state index contributed by atoms with van der Waals surface area (Å²) >= 11 is 0. The Labute approximate surface area is 113 Å². The van der Waals surface area contributed by atoms with Crippen molar-refractivity contribution in [2.24, 2.45) is 0 Å². The average Bonchev–Trinajstić information content (AvgIpc) is 2.41. The lowest BCUT2D eigenvalue weighted by molar-refractivity contribution is -0.121. The second-order valence-electron chi connectivity index (χ2n) is 5.28. The van der Waals surface area contributed by atoms with Gasteiger partial charge in [-0.25, -0.2) is 0 Å². The van der Waals surface area contributed by atoms with Gasteiger partial charge in [-0.3, -0.25) is 4.79 Å². The van der Waals surface area contributed by atoms with Gasteiger partial charge in [0.2, 0.25) is 0 Å². The third-order valence-electron chi connectivity index (χ3n) is 4.25. The number of carbonyl (C=O) groups is 1. The van der Waals surface area contributed by atoms with E-state index >= 15 is 0 Å². The number of hydrogen-bond acceptors (Lipinski definition) is 3. The first-order chi connectivity index (χ1) is 8.71. The lowest BCUT2D eigenvalue weighted by Gasteiger charge is -2.33. The van der Waals surface area contributed by atoms with Gasteiger partial charge in [0.05, 0.1) is 0 Å². The molecule has 3 heteroatoms. The second kappa shape index (κ2) is 8.65. The summed E-state index contributed by atoms with van der Waals surface area (Å²) in [6.45, 7) is 12.5. The summed E-state index contributed by atoms with van der Waals surface area (Å²) in [7, 11) is 0. The van der Waals surface area contributed by atoms with Crippen LogP contribution >= 0.6 is 0 Å². The number of carbonyl (C=O) groups excluding carboxylic acids is 1. The highest BCUT2D eigenvalue weighted by molar-refractivity contribution is 5.79. The minimum atomic E-state index is 0.463. The van der Waals surface area contributed by atoms with Crippen LogP contribution in [-0.4, -0.2) is 54.3 Å². The third-order valence-corrected chi connectivity index (χ3v) is 4.25. The van der Waals surface area contributed by atoms with E-state index in [-0.39, 0.29) is 0 Å². The van der Waals surface area contributed by atoms with Crippen LogP contribution in [0.25, 0.3) is 0 Å². The molecule has 106 valence electrons. The maximum atomic E-state index is 11.3. The quantitative estimate of drug-likeness (QED) is 0.665. The number of nitrogens with zero attached hydrogens (tertiary/aromatic N) is 2. The van der Waals surface area contributed by atoms with Crippen molar-refractivity contribution in [1.29, 1.82) is 0 Å². The van der Waals surface area contributed by atoms with E-state index in [4.69, 9.17) is 0 Å². The van der Waals surface area contributed by atoms with Crippen LogP contribution < -0.4 is 0 Å². The molecule has 1 fully saturated rings. The molecule has 1 saturated carbocycles. The first kappa shape index (κ1) is 15.6. The Morgan fingerprint density at radius 2 is 1.61 bits per heavy atom. The zero-order chi connectivity index (χ0) is 13.4. The highest BCUT2D eigenvalue weighted by atomic mass is 16.1. The highest BCUT2D eigenvalue weighted by Gasteiger charge is 2.23. The van der Waals surface area contributed by atoms with Crippen molar-refractivity contribution >= 4 is 5.78 Å². The van der Waals surface area contributed by atoms with Crippen LogP contribution in [-0.2, 0) is 4.79 Å². The normalized spacial score (nSPS) is 17.9. The molecule has 0 radical (unpaired) electrons. The lowest BCUT2D eigenvalue weighted by atomic mass is 9.93. The third kappa shape index (κ3) is 5.07. The Kier molecular flexibility index (Phi) is 7.52. The maximum Gasteiger partial charge on any atom is 0.133 e. The average molecular weight is 254 g/mol. The number of rotatable bonds is 8. The van der Waals surface area contributed by atoms with Gasteiger partial charge < -0.3 is 9.80 Å². The molecule has 0 bridgehead atoms. The van der Waals surface area contributed by atoms with E-state index in [1.165, 1.54) is 19.5 Å². The minimum Gasteiger partial charge on any atom is -0.304 e. The molecular weight excluding hydrogens is 224 g/mol. The number of hydrogen-bond donors (Lipinski definition) is 0. The van der Waals surface area contributed by atoms with Gasteiger partial charge in [-0.2, -0.15) is 0 Å². The molecule has 0 saturated heterocycles. The van der Waals surface area contributed by atoms with Gasteiger partial charge >= 0.3 is 0 Å². The zero-order valence-corrected chi connectivity index (χ0v) is 12.5. The molecule has 0 aromatic heterocycles. The Bertz CT molecular complexity index is 229. The van der Waals surface area contributed by atoms with Gasteiger partial charge in [-0.05, 0) is 52.0 Å². The number of ketones is 1. The van der Waals surface area contributed by atoms with Gasteiger partial charge in [-0.15, -0.1) is 0 Å². The summed E-state index contributed by atoms with van der Waals surface area (Å²) < 4.78 is 0. The summed E-state index contributed by atoms with van der Waals surface area (Å²) in [6.07, 6.45) is 5.02. The van der Waals surface area contributed by atoms with Crippen LogP contribution in [0.1, 0.15) is 52.9 Å². The van der Waals surface area contributed by atoms with Crippen molar-refractivity contribution in [3.05, 3.63) is 0 Å². The van der Waals surface area contributed by atoms with E-state index in [1.54, 1.807) is 0 Å². The lowest BCUT2D eigenvalue weighted by Crippen LogP contribution is -2.39. The van der Waals surface area contributed by atoms with E-state index in [0.717, 1.165) is 45.3 Å². The molecule has 0 aliphatic heterocycles. The van der Waals surface area contributed by atoms with Crippen molar-refractivity contribution in [1.82, 2.24) is 9.80 Å². The van der Waals surface area contributed by atoms with E-state index < -0.39 is 0 Å². The molecule has 0 amide bonds. The van der Waals surface area contributed by atoms with E-state index in [2.05, 4.69) is 30.6 Å². The molecular formula is C15H30N2O. The van der Waals surface area contributed by atoms with Crippen LogP contribution in [0.5, 0.6) is 0 Å². The summed E-state index contributed by atoms with van der Waals surface area (Å²) in [5, 5.41) is 0. The van der Waals surface area contributed by atoms with Crippen molar-refractivity contribution in [2.45, 2.75) is 58.9 Å². The molecule has 1 aliphatic rings. The smallest absolute Gasteiger partial charge is 0.133 e. The molecule has 18 heavy (non-hydrogen) atoms. The first-order valence-electron chi connectivity index (χ1n) is 7.69. The SMILES string of the molecule is CCN(CC)CCCN(CC)C1CCC(=O)CC1. The molecule has 0 aromatic rings. The van der Waals surface area contributed by atoms with Crippen molar-refractivity contribution in [3.63, 3.8) is 0 Å². The monoisotopic (exact) mass is 254 g/mol. The largest absolute Gasteiger partial charge is 0.304 e. The van der Waals surface area contributed by atoms with Gasteiger partial charge in [0, 0.05) is 18.9 Å². The first-order valence-corrected chi connectivity index (χ1v) is 7.69. The topological polar surface area (TPSA) is 23.6 Å². The fourth-order valence-corrected chi connectivity index (χ4v) is 2.93. The second-order valence-corrected chi connectivity index (χ2v) is 5.28. The minimum absolute atomic E-state index is 0.463. The highest BCUT2D eigenvalue weighted by Crippen LogP contribution is 2.20. The van der Waals surface area contributed by atoms with E-state index in [9.17, 15) is 4.79 Å². The molecule has 0 N–H and O–H groups in total. The van der Waals surface area contributed by atoms with Gasteiger partial charge in [0.15, 0.2) is 0 Å². The van der Waals surface area contributed by atoms with Crippen LogP contribution in [0.15, 0.2) is 0 Å². The summed E-state index contributed by atoms with van der Waals surface area (Å²) in [6, 6.07) is 0.657. The van der Waals surface area contributed by atoms with Crippen LogP contribution in [0, 0.1) is 0 Å². The maximum absolute atomic E-state index is 11.3.